The summed E-state index contributed by atoms with van der Waals surface area (Å²) >= 11 is 0. The van der Waals surface area contributed by atoms with Crippen LogP contribution < -0.4 is 0 Å². The van der Waals surface area contributed by atoms with E-state index >= 15 is 0 Å². The molecular weight excluding hydrogens is 252 g/mol. The van der Waals surface area contributed by atoms with E-state index in [4.69, 9.17) is 4.74 Å². The Labute approximate surface area is 116 Å². The van der Waals surface area contributed by atoms with Gasteiger partial charge in [0.15, 0.2) is 0 Å². The van der Waals surface area contributed by atoms with Crippen molar-refractivity contribution in [1.82, 2.24) is 0 Å². The average Bonchev–Trinajstić information content (AvgIpc) is 2.47. The quantitative estimate of drug-likeness (QED) is 0.565. The third kappa shape index (κ3) is 1.88. The number of esters is 1. The lowest BCUT2D eigenvalue weighted by atomic mass is 9.99. The second-order valence-electron chi connectivity index (χ2n) is 4.56. The van der Waals surface area contributed by atoms with Gasteiger partial charge in [0, 0.05) is 5.39 Å². The smallest absolute Gasteiger partial charge is 0.341 e. The van der Waals surface area contributed by atoms with Gasteiger partial charge in [0.1, 0.15) is 11.3 Å². The minimum atomic E-state index is -0.500. The van der Waals surface area contributed by atoms with Crippen molar-refractivity contribution in [3.63, 3.8) is 0 Å². The highest BCUT2D eigenvalue weighted by molar-refractivity contribution is 6.12. The van der Waals surface area contributed by atoms with Crippen LogP contribution in [0.4, 0.5) is 0 Å². The third-order valence-corrected chi connectivity index (χ3v) is 3.39. The lowest BCUT2D eigenvalue weighted by Gasteiger charge is -2.09. The molecule has 20 heavy (non-hydrogen) atoms. The van der Waals surface area contributed by atoms with E-state index in [0.29, 0.717) is 5.39 Å². The van der Waals surface area contributed by atoms with E-state index in [0.717, 1.165) is 16.2 Å². The molecule has 1 N–H and O–H groups in total. The van der Waals surface area contributed by atoms with Crippen LogP contribution in [0.2, 0.25) is 0 Å². The van der Waals surface area contributed by atoms with Gasteiger partial charge in [0.2, 0.25) is 0 Å². The van der Waals surface area contributed by atoms with Crippen LogP contribution in [0.5, 0.6) is 5.75 Å². The number of phenolic OH excluding ortho intramolecular Hbond substituents is 1. The summed E-state index contributed by atoms with van der Waals surface area (Å²) in [6.07, 6.45) is 0. The topological polar surface area (TPSA) is 46.5 Å². The van der Waals surface area contributed by atoms with Gasteiger partial charge in [0.05, 0.1) is 6.61 Å². The number of carbonyl (C=O) groups is 1. The Morgan fingerprint density at radius 2 is 1.75 bits per heavy atom. The van der Waals surface area contributed by atoms with Crippen LogP contribution in [0.25, 0.3) is 21.5 Å². The summed E-state index contributed by atoms with van der Waals surface area (Å²) in [5.41, 5.74) is 0.203. The maximum Gasteiger partial charge on any atom is 0.341 e. The molecule has 0 atom stereocenters. The first-order valence-electron chi connectivity index (χ1n) is 6.53. The van der Waals surface area contributed by atoms with E-state index in [1.54, 1.807) is 13.0 Å². The molecule has 3 rings (SSSR count). The van der Waals surface area contributed by atoms with Crippen molar-refractivity contribution >= 4 is 27.5 Å². The van der Waals surface area contributed by atoms with E-state index in [1.165, 1.54) is 0 Å². The van der Waals surface area contributed by atoms with Gasteiger partial charge in [-0.2, -0.15) is 0 Å². The molecule has 0 aliphatic heterocycles. The molecule has 0 bridgehead atoms. The molecule has 0 aliphatic rings. The zero-order chi connectivity index (χ0) is 14.1. The first-order chi connectivity index (χ1) is 9.72. The molecule has 0 radical (unpaired) electrons. The molecule has 0 amide bonds. The average molecular weight is 266 g/mol. The predicted molar refractivity (Wildman–Crippen MR) is 79.1 cm³/mol. The van der Waals surface area contributed by atoms with Crippen molar-refractivity contribution in [3.05, 3.63) is 54.1 Å². The fourth-order valence-electron chi connectivity index (χ4n) is 2.45. The van der Waals surface area contributed by atoms with Crippen molar-refractivity contribution < 1.29 is 14.6 Å². The van der Waals surface area contributed by atoms with Crippen molar-refractivity contribution in [1.29, 1.82) is 0 Å². The molecule has 0 saturated heterocycles. The van der Waals surface area contributed by atoms with Crippen LogP contribution in [0.3, 0.4) is 0 Å². The van der Waals surface area contributed by atoms with Gasteiger partial charge in [0.25, 0.3) is 0 Å². The zero-order valence-electron chi connectivity index (χ0n) is 11.1. The molecule has 0 heterocycles. The number of benzene rings is 3. The van der Waals surface area contributed by atoms with E-state index in [-0.39, 0.29) is 17.9 Å². The van der Waals surface area contributed by atoms with Crippen molar-refractivity contribution in [3.8, 4) is 5.75 Å². The number of hydrogen-bond acceptors (Lipinski definition) is 3. The third-order valence-electron chi connectivity index (χ3n) is 3.39. The van der Waals surface area contributed by atoms with Crippen LogP contribution in [-0.2, 0) is 4.74 Å². The molecular formula is C17H14O3. The summed E-state index contributed by atoms with van der Waals surface area (Å²) < 4.78 is 4.95. The number of rotatable bonds is 2. The normalized spacial score (nSPS) is 10.8. The molecule has 0 fully saturated rings. The lowest BCUT2D eigenvalue weighted by Crippen LogP contribution is -2.04. The van der Waals surface area contributed by atoms with Crippen LogP contribution in [0.1, 0.15) is 17.3 Å². The number of ether oxygens (including phenoxy) is 1. The molecule has 0 aliphatic carbocycles. The second-order valence-corrected chi connectivity index (χ2v) is 4.56. The number of aromatic hydroxyl groups is 1. The minimum absolute atomic E-state index is 0.0216. The van der Waals surface area contributed by atoms with Gasteiger partial charge >= 0.3 is 5.97 Å². The van der Waals surface area contributed by atoms with Gasteiger partial charge in [-0.3, -0.25) is 0 Å². The molecule has 0 spiro atoms. The summed E-state index contributed by atoms with van der Waals surface area (Å²) in [7, 11) is 0. The van der Waals surface area contributed by atoms with Crippen LogP contribution in [0.15, 0.2) is 48.5 Å². The molecule has 0 unspecified atom stereocenters. The highest BCUT2D eigenvalue weighted by Crippen LogP contribution is 2.33. The first kappa shape index (κ1) is 12.5. The lowest BCUT2D eigenvalue weighted by molar-refractivity contribution is 0.0523. The highest BCUT2D eigenvalue weighted by atomic mass is 16.5. The number of hydrogen-bond donors (Lipinski definition) is 1. The molecule has 0 saturated carbocycles. The van der Waals surface area contributed by atoms with Crippen LogP contribution >= 0.6 is 0 Å². The maximum absolute atomic E-state index is 11.8. The van der Waals surface area contributed by atoms with E-state index in [1.807, 2.05) is 42.5 Å². The summed E-state index contributed by atoms with van der Waals surface area (Å²) in [6, 6.07) is 15.2. The Bertz CT molecular complexity index is 806. The fourth-order valence-corrected chi connectivity index (χ4v) is 2.45. The van der Waals surface area contributed by atoms with Crippen molar-refractivity contribution in [2.75, 3.05) is 6.61 Å². The van der Waals surface area contributed by atoms with E-state index in [2.05, 4.69) is 0 Å². The molecule has 3 heteroatoms. The second kappa shape index (κ2) is 4.85. The van der Waals surface area contributed by atoms with Gasteiger partial charge in [-0.15, -0.1) is 0 Å². The largest absolute Gasteiger partial charge is 0.506 e. The Morgan fingerprint density at radius 1 is 1.00 bits per heavy atom. The molecule has 3 aromatic rings. The van der Waals surface area contributed by atoms with Crippen molar-refractivity contribution in [2.24, 2.45) is 0 Å². The predicted octanol–water partition coefficient (Wildman–Crippen LogP) is 3.88. The van der Waals surface area contributed by atoms with Crippen LogP contribution in [0, 0.1) is 0 Å². The summed E-state index contributed by atoms with van der Waals surface area (Å²) in [5.74, 6) is -0.522. The Hall–Kier alpha value is -2.55. The first-order valence-corrected chi connectivity index (χ1v) is 6.53. The monoisotopic (exact) mass is 266 g/mol. The maximum atomic E-state index is 11.8. The fraction of sp³-hybridized carbons (Fsp3) is 0.118. The highest BCUT2D eigenvalue weighted by Gasteiger charge is 2.15. The molecule has 100 valence electrons. The Kier molecular flexibility index (Phi) is 3.03. The van der Waals surface area contributed by atoms with Gasteiger partial charge in [-0.05, 0) is 35.2 Å². The van der Waals surface area contributed by atoms with Gasteiger partial charge in [-0.1, -0.05) is 36.4 Å². The van der Waals surface area contributed by atoms with Crippen molar-refractivity contribution in [2.45, 2.75) is 6.92 Å². The van der Waals surface area contributed by atoms with E-state index in [9.17, 15) is 9.90 Å². The standard InChI is InChI=1S/C17H14O3/c1-2-20-17(19)15-10-9-13-12-6-4-3-5-11(12)7-8-14(13)16(15)18/h3-10,18H,2H2,1H3. The Morgan fingerprint density at radius 3 is 2.55 bits per heavy atom. The van der Waals surface area contributed by atoms with Crippen LogP contribution in [-0.4, -0.2) is 17.7 Å². The SMILES string of the molecule is CCOC(=O)c1ccc2c(ccc3ccccc32)c1O. The zero-order valence-corrected chi connectivity index (χ0v) is 11.1. The summed E-state index contributed by atoms with van der Waals surface area (Å²) in [5, 5.41) is 14.0. The molecule has 0 aromatic heterocycles. The number of fused-ring (bicyclic) bond motifs is 3. The Balaban J connectivity index is 2.28. The van der Waals surface area contributed by atoms with Gasteiger partial charge < -0.3 is 9.84 Å². The number of phenols is 1. The number of carbonyl (C=O) groups excluding carboxylic acids is 1. The minimum Gasteiger partial charge on any atom is -0.506 e. The molecule has 3 aromatic carbocycles. The molecule has 3 nitrogen and oxygen atoms in total. The van der Waals surface area contributed by atoms with Gasteiger partial charge in [-0.25, -0.2) is 4.79 Å². The summed E-state index contributed by atoms with van der Waals surface area (Å²) in [4.78, 5) is 11.8. The summed E-state index contributed by atoms with van der Waals surface area (Å²) in [6.45, 7) is 2.03. The van der Waals surface area contributed by atoms with E-state index < -0.39 is 5.97 Å².